The lowest BCUT2D eigenvalue weighted by Gasteiger charge is -2.35. The van der Waals surface area contributed by atoms with Gasteiger partial charge in [-0.05, 0) is 56.5 Å². The van der Waals surface area contributed by atoms with Crippen molar-refractivity contribution in [3.8, 4) is 11.5 Å². The van der Waals surface area contributed by atoms with Crippen molar-refractivity contribution in [1.82, 2.24) is 10.2 Å². The molecular weight excluding hydrogens is 364 g/mol. The Morgan fingerprint density at radius 3 is 2.34 bits per heavy atom. The van der Waals surface area contributed by atoms with Crippen molar-refractivity contribution >= 4 is 5.91 Å². The number of hydrogen-bond acceptors (Lipinski definition) is 4. The molecule has 1 saturated heterocycles. The minimum absolute atomic E-state index is 0.0184. The molecule has 3 rings (SSSR count). The molecule has 0 aromatic heterocycles. The molecule has 1 amide bonds. The highest BCUT2D eigenvalue weighted by molar-refractivity contribution is 5.77. The van der Waals surface area contributed by atoms with Crippen molar-refractivity contribution in [2.75, 3.05) is 26.2 Å². The van der Waals surface area contributed by atoms with Gasteiger partial charge in [0.25, 0.3) is 5.91 Å². The summed E-state index contributed by atoms with van der Waals surface area (Å²) < 4.78 is 11.6. The van der Waals surface area contributed by atoms with Gasteiger partial charge >= 0.3 is 0 Å². The molecule has 0 spiro atoms. The number of piperidine rings is 1. The lowest BCUT2D eigenvalue weighted by Crippen LogP contribution is -2.46. The summed E-state index contributed by atoms with van der Waals surface area (Å²) in [5.74, 6) is 1.92. The number of amides is 1. The first-order chi connectivity index (χ1) is 14.1. The molecule has 5 heteroatoms. The Hall–Kier alpha value is -2.53. The molecule has 156 valence electrons. The average molecular weight is 397 g/mol. The van der Waals surface area contributed by atoms with E-state index in [1.165, 1.54) is 12.8 Å². The Labute approximate surface area is 174 Å². The fourth-order valence-electron chi connectivity index (χ4n) is 3.48. The molecule has 1 fully saturated rings. The van der Waals surface area contributed by atoms with Crippen molar-refractivity contribution in [3.63, 3.8) is 0 Å². The number of nitrogens with zero attached hydrogens (tertiary/aromatic N) is 1. The van der Waals surface area contributed by atoms with E-state index in [0.29, 0.717) is 30.7 Å². The first kappa shape index (κ1) is 21.2. The highest BCUT2D eigenvalue weighted by Gasteiger charge is 2.20. The molecule has 0 aliphatic carbocycles. The third-order valence-electron chi connectivity index (χ3n) is 5.48. The number of carbonyl (C=O) groups excluding carboxylic acids is 1. The van der Waals surface area contributed by atoms with Crippen LogP contribution in [0.15, 0.2) is 54.6 Å². The standard InChI is InChI=1S/C24H32N2O3/c1-19-12-14-26(15-13-19)20(2)16-25-24(27)18-29-23-11-7-6-10-22(23)28-17-21-8-4-3-5-9-21/h3-11,19-20H,12-18H2,1-2H3,(H,25,27). The van der Waals surface area contributed by atoms with Crippen LogP contribution in [0.1, 0.15) is 32.3 Å². The third kappa shape index (κ3) is 6.79. The fourth-order valence-corrected chi connectivity index (χ4v) is 3.48. The summed E-state index contributed by atoms with van der Waals surface area (Å²) in [6, 6.07) is 17.8. The summed E-state index contributed by atoms with van der Waals surface area (Å²) in [6.45, 7) is 7.78. The van der Waals surface area contributed by atoms with Crippen LogP contribution in [0.25, 0.3) is 0 Å². The lowest BCUT2D eigenvalue weighted by atomic mass is 9.98. The summed E-state index contributed by atoms with van der Waals surface area (Å²) in [5.41, 5.74) is 1.08. The summed E-state index contributed by atoms with van der Waals surface area (Å²) in [5, 5.41) is 2.99. The average Bonchev–Trinajstić information content (AvgIpc) is 2.76. The van der Waals surface area contributed by atoms with Gasteiger partial charge in [0.05, 0.1) is 0 Å². The number of ether oxygens (including phenoxy) is 2. The van der Waals surface area contributed by atoms with Gasteiger partial charge in [-0.1, -0.05) is 49.4 Å². The summed E-state index contributed by atoms with van der Waals surface area (Å²) in [7, 11) is 0. The van der Waals surface area contributed by atoms with Gasteiger partial charge in [0, 0.05) is 12.6 Å². The maximum absolute atomic E-state index is 12.3. The topological polar surface area (TPSA) is 50.8 Å². The number of rotatable bonds is 9. The minimum Gasteiger partial charge on any atom is -0.485 e. The highest BCUT2D eigenvalue weighted by atomic mass is 16.5. The van der Waals surface area contributed by atoms with Crippen LogP contribution in [0, 0.1) is 5.92 Å². The zero-order chi connectivity index (χ0) is 20.5. The van der Waals surface area contributed by atoms with E-state index in [-0.39, 0.29) is 12.5 Å². The first-order valence-corrected chi connectivity index (χ1v) is 10.5. The smallest absolute Gasteiger partial charge is 0.257 e. The molecule has 1 N–H and O–H groups in total. The zero-order valence-corrected chi connectivity index (χ0v) is 17.5. The maximum Gasteiger partial charge on any atom is 0.257 e. The van der Waals surface area contributed by atoms with Gasteiger partial charge < -0.3 is 14.8 Å². The molecular formula is C24H32N2O3. The molecule has 0 saturated carbocycles. The van der Waals surface area contributed by atoms with E-state index in [1.807, 2.05) is 54.6 Å². The molecule has 2 aromatic rings. The Morgan fingerprint density at radius 1 is 1.03 bits per heavy atom. The quantitative estimate of drug-likeness (QED) is 0.699. The van der Waals surface area contributed by atoms with E-state index < -0.39 is 0 Å². The second-order valence-electron chi connectivity index (χ2n) is 7.88. The van der Waals surface area contributed by atoms with Gasteiger partial charge in [-0.2, -0.15) is 0 Å². The molecule has 0 bridgehead atoms. The number of benzene rings is 2. The number of likely N-dealkylation sites (tertiary alicyclic amines) is 1. The SMILES string of the molecule is CC1CCN(C(C)CNC(=O)COc2ccccc2OCc2ccccc2)CC1. The first-order valence-electron chi connectivity index (χ1n) is 10.5. The van der Waals surface area contributed by atoms with Gasteiger partial charge in [-0.15, -0.1) is 0 Å². The third-order valence-corrected chi connectivity index (χ3v) is 5.48. The second-order valence-corrected chi connectivity index (χ2v) is 7.88. The Morgan fingerprint density at radius 2 is 1.66 bits per heavy atom. The van der Waals surface area contributed by atoms with E-state index in [2.05, 4.69) is 24.1 Å². The fraction of sp³-hybridized carbons (Fsp3) is 0.458. The van der Waals surface area contributed by atoms with Crippen LogP contribution >= 0.6 is 0 Å². The number of carbonyl (C=O) groups is 1. The van der Waals surface area contributed by atoms with Crippen molar-refractivity contribution in [1.29, 1.82) is 0 Å². The minimum atomic E-state index is -0.111. The Balaban J connectivity index is 1.43. The van der Waals surface area contributed by atoms with Crippen LogP contribution in [-0.4, -0.2) is 43.1 Å². The molecule has 1 aliphatic rings. The Bertz CT molecular complexity index is 758. The van der Waals surface area contributed by atoms with Gasteiger partial charge in [-0.3, -0.25) is 9.69 Å². The monoisotopic (exact) mass is 396 g/mol. The van der Waals surface area contributed by atoms with E-state index in [9.17, 15) is 4.79 Å². The number of nitrogens with one attached hydrogen (secondary N) is 1. The van der Waals surface area contributed by atoms with E-state index in [1.54, 1.807) is 0 Å². The zero-order valence-electron chi connectivity index (χ0n) is 17.5. The summed E-state index contributed by atoms with van der Waals surface area (Å²) >= 11 is 0. The molecule has 1 unspecified atom stereocenters. The highest BCUT2D eigenvalue weighted by Crippen LogP contribution is 2.27. The van der Waals surface area contributed by atoms with Crippen LogP contribution in [-0.2, 0) is 11.4 Å². The van der Waals surface area contributed by atoms with Crippen LogP contribution in [0.2, 0.25) is 0 Å². The Kier molecular flexibility index (Phi) is 7.94. The van der Waals surface area contributed by atoms with Crippen LogP contribution < -0.4 is 14.8 Å². The van der Waals surface area contributed by atoms with Crippen LogP contribution in [0.4, 0.5) is 0 Å². The molecule has 1 aliphatic heterocycles. The number of hydrogen-bond donors (Lipinski definition) is 1. The normalized spacial score (nSPS) is 16.2. The van der Waals surface area contributed by atoms with Gasteiger partial charge in [-0.25, -0.2) is 0 Å². The maximum atomic E-state index is 12.3. The predicted molar refractivity (Wildman–Crippen MR) is 115 cm³/mol. The summed E-state index contributed by atoms with van der Waals surface area (Å²) in [6.07, 6.45) is 2.47. The molecule has 29 heavy (non-hydrogen) atoms. The molecule has 5 nitrogen and oxygen atoms in total. The van der Waals surface area contributed by atoms with Crippen molar-refractivity contribution in [3.05, 3.63) is 60.2 Å². The largest absolute Gasteiger partial charge is 0.485 e. The van der Waals surface area contributed by atoms with Gasteiger partial charge in [0.2, 0.25) is 0 Å². The summed E-state index contributed by atoms with van der Waals surface area (Å²) in [4.78, 5) is 14.7. The van der Waals surface area contributed by atoms with E-state index in [0.717, 1.165) is 24.6 Å². The van der Waals surface area contributed by atoms with E-state index >= 15 is 0 Å². The molecule has 1 atom stereocenters. The second kappa shape index (κ2) is 10.9. The van der Waals surface area contributed by atoms with E-state index in [4.69, 9.17) is 9.47 Å². The van der Waals surface area contributed by atoms with Gasteiger partial charge in [0.15, 0.2) is 18.1 Å². The van der Waals surface area contributed by atoms with Crippen LogP contribution in [0.3, 0.4) is 0 Å². The predicted octanol–water partition coefficient (Wildman–Crippen LogP) is 3.88. The molecule has 0 radical (unpaired) electrons. The van der Waals surface area contributed by atoms with Crippen molar-refractivity contribution < 1.29 is 14.3 Å². The molecule has 2 aromatic carbocycles. The lowest BCUT2D eigenvalue weighted by molar-refractivity contribution is -0.123. The van der Waals surface area contributed by atoms with Gasteiger partial charge in [0.1, 0.15) is 6.61 Å². The van der Waals surface area contributed by atoms with Crippen LogP contribution in [0.5, 0.6) is 11.5 Å². The van der Waals surface area contributed by atoms with Crippen molar-refractivity contribution in [2.24, 2.45) is 5.92 Å². The molecule has 1 heterocycles. The van der Waals surface area contributed by atoms with Crippen molar-refractivity contribution in [2.45, 2.75) is 39.3 Å². The number of para-hydroxylation sites is 2.